The predicted molar refractivity (Wildman–Crippen MR) is 105 cm³/mol. The van der Waals surface area contributed by atoms with E-state index in [1.54, 1.807) is 25.1 Å². The van der Waals surface area contributed by atoms with Crippen LogP contribution < -0.4 is 5.32 Å². The summed E-state index contributed by atoms with van der Waals surface area (Å²) >= 11 is 3.36. The third kappa shape index (κ3) is 4.63. The number of carbonyl (C=O) groups excluding carboxylic acids is 1. The largest absolute Gasteiger partial charge is 0.355 e. The average Bonchev–Trinajstić information content (AvgIpc) is 3.14. The SMILES string of the molecule is CN(C)[C@H](CNC(=O)c1cc(-c2ccc(Br)cc2)on1)c1ccc(F)cc1F. The van der Waals surface area contributed by atoms with Crippen molar-refractivity contribution >= 4 is 21.8 Å². The van der Waals surface area contributed by atoms with Gasteiger partial charge in [-0.2, -0.15) is 0 Å². The standard InChI is InChI=1S/C20H18BrF2N3O2/c1-26(2)18(15-8-7-14(22)9-16(15)23)11-24-20(27)17-10-19(28-25-17)12-3-5-13(21)6-4-12/h3-10,18H,11H2,1-2H3,(H,24,27)/t18-/m1/s1. The van der Waals surface area contributed by atoms with Crippen molar-refractivity contribution in [1.29, 1.82) is 0 Å². The molecular formula is C20H18BrF2N3O2. The molecule has 0 bridgehead atoms. The zero-order valence-electron chi connectivity index (χ0n) is 15.2. The van der Waals surface area contributed by atoms with Gasteiger partial charge in [0.25, 0.3) is 5.91 Å². The van der Waals surface area contributed by atoms with Crippen LogP contribution in [0.15, 0.2) is 57.5 Å². The number of halogens is 3. The molecule has 0 aliphatic carbocycles. The van der Waals surface area contributed by atoms with E-state index in [-0.39, 0.29) is 12.2 Å². The van der Waals surface area contributed by atoms with Gasteiger partial charge < -0.3 is 14.7 Å². The second-order valence-electron chi connectivity index (χ2n) is 6.44. The van der Waals surface area contributed by atoms with Crippen LogP contribution in [0.2, 0.25) is 0 Å². The van der Waals surface area contributed by atoms with Crippen LogP contribution in [0.4, 0.5) is 8.78 Å². The molecular weight excluding hydrogens is 432 g/mol. The highest BCUT2D eigenvalue weighted by Gasteiger charge is 2.21. The van der Waals surface area contributed by atoms with Crippen LogP contribution in [0.5, 0.6) is 0 Å². The fraction of sp³-hybridized carbons (Fsp3) is 0.200. The Bertz CT molecular complexity index is 974. The minimum atomic E-state index is -0.660. The smallest absolute Gasteiger partial charge is 0.273 e. The molecule has 1 aromatic heterocycles. The van der Waals surface area contributed by atoms with Crippen LogP contribution in [0.25, 0.3) is 11.3 Å². The second kappa shape index (κ2) is 8.62. The molecule has 0 aliphatic rings. The molecule has 2 aromatic carbocycles. The van der Waals surface area contributed by atoms with E-state index >= 15 is 0 Å². The lowest BCUT2D eigenvalue weighted by atomic mass is 10.0. The van der Waals surface area contributed by atoms with Crippen LogP contribution in [-0.2, 0) is 0 Å². The van der Waals surface area contributed by atoms with Crippen LogP contribution >= 0.6 is 15.9 Å². The van der Waals surface area contributed by atoms with Gasteiger partial charge in [0.1, 0.15) is 11.6 Å². The van der Waals surface area contributed by atoms with E-state index in [1.165, 1.54) is 12.1 Å². The monoisotopic (exact) mass is 449 g/mol. The summed E-state index contributed by atoms with van der Waals surface area (Å²) in [6, 6.07) is 11.9. The molecule has 0 saturated carbocycles. The summed E-state index contributed by atoms with van der Waals surface area (Å²) in [5.41, 5.74) is 1.20. The van der Waals surface area contributed by atoms with E-state index < -0.39 is 23.6 Å². The Morgan fingerprint density at radius 1 is 1.18 bits per heavy atom. The summed E-state index contributed by atoms with van der Waals surface area (Å²) in [7, 11) is 3.50. The molecule has 1 N–H and O–H groups in total. The van der Waals surface area contributed by atoms with Crippen molar-refractivity contribution in [2.24, 2.45) is 0 Å². The van der Waals surface area contributed by atoms with Crippen LogP contribution in [0.3, 0.4) is 0 Å². The fourth-order valence-corrected chi connectivity index (χ4v) is 3.02. The highest BCUT2D eigenvalue weighted by Crippen LogP contribution is 2.24. The minimum absolute atomic E-state index is 0.120. The highest BCUT2D eigenvalue weighted by atomic mass is 79.9. The molecule has 0 saturated heterocycles. The second-order valence-corrected chi connectivity index (χ2v) is 7.35. The Kier molecular flexibility index (Phi) is 6.21. The summed E-state index contributed by atoms with van der Waals surface area (Å²) in [6.45, 7) is 0.120. The molecule has 0 fully saturated rings. The summed E-state index contributed by atoms with van der Waals surface area (Å²) in [5, 5.41) is 6.53. The molecule has 1 heterocycles. The molecule has 5 nitrogen and oxygen atoms in total. The van der Waals surface area contributed by atoms with Crippen molar-refractivity contribution in [2.75, 3.05) is 20.6 Å². The maximum atomic E-state index is 14.1. The van der Waals surface area contributed by atoms with Crippen molar-refractivity contribution in [2.45, 2.75) is 6.04 Å². The molecule has 0 radical (unpaired) electrons. The van der Waals surface area contributed by atoms with Crippen molar-refractivity contribution < 1.29 is 18.1 Å². The van der Waals surface area contributed by atoms with E-state index in [1.807, 2.05) is 24.3 Å². The van der Waals surface area contributed by atoms with Gasteiger partial charge in [0, 0.05) is 34.3 Å². The summed E-state index contributed by atoms with van der Waals surface area (Å²) < 4.78 is 33.5. The summed E-state index contributed by atoms with van der Waals surface area (Å²) in [4.78, 5) is 14.2. The molecule has 0 spiro atoms. The van der Waals surface area contributed by atoms with Crippen molar-refractivity contribution in [3.05, 3.63) is 75.9 Å². The molecule has 0 unspecified atom stereocenters. The van der Waals surface area contributed by atoms with Gasteiger partial charge in [0.15, 0.2) is 11.5 Å². The van der Waals surface area contributed by atoms with Gasteiger partial charge in [0.05, 0.1) is 6.04 Å². The lowest BCUT2D eigenvalue weighted by Crippen LogP contribution is -2.35. The zero-order chi connectivity index (χ0) is 20.3. The number of nitrogens with one attached hydrogen (secondary N) is 1. The number of amides is 1. The van der Waals surface area contributed by atoms with Crippen LogP contribution in [-0.4, -0.2) is 36.6 Å². The predicted octanol–water partition coefficient (Wildman–Crippen LogP) is 4.42. The van der Waals surface area contributed by atoms with E-state index in [9.17, 15) is 13.6 Å². The molecule has 146 valence electrons. The van der Waals surface area contributed by atoms with Gasteiger partial charge in [-0.3, -0.25) is 4.79 Å². The number of nitrogens with zero attached hydrogens (tertiary/aromatic N) is 2. The molecule has 3 aromatic rings. The van der Waals surface area contributed by atoms with Gasteiger partial charge in [-0.25, -0.2) is 8.78 Å². The Morgan fingerprint density at radius 2 is 1.89 bits per heavy atom. The highest BCUT2D eigenvalue weighted by molar-refractivity contribution is 9.10. The zero-order valence-corrected chi connectivity index (χ0v) is 16.8. The first kappa shape index (κ1) is 20.2. The molecule has 3 rings (SSSR count). The maximum absolute atomic E-state index is 14.1. The molecule has 1 atom stereocenters. The van der Waals surface area contributed by atoms with Gasteiger partial charge in [-0.1, -0.05) is 39.3 Å². The summed E-state index contributed by atoms with van der Waals surface area (Å²) in [5.74, 6) is -1.29. The fourth-order valence-electron chi connectivity index (χ4n) is 2.75. The first-order valence-corrected chi connectivity index (χ1v) is 9.26. The topological polar surface area (TPSA) is 58.4 Å². The van der Waals surface area contributed by atoms with E-state index in [2.05, 4.69) is 26.4 Å². The third-order valence-corrected chi connectivity index (χ3v) is 4.80. The van der Waals surface area contributed by atoms with Crippen LogP contribution in [0.1, 0.15) is 22.1 Å². The lowest BCUT2D eigenvalue weighted by Gasteiger charge is -2.25. The quantitative estimate of drug-likeness (QED) is 0.605. The molecule has 0 aliphatic heterocycles. The Labute approximate surface area is 169 Å². The number of hydrogen-bond acceptors (Lipinski definition) is 4. The normalized spacial score (nSPS) is 12.2. The van der Waals surface area contributed by atoms with E-state index in [4.69, 9.17) is 4.52 Å². The van der Waals surface area contributed by atoms with Crippen molar-refractivity contribution in [3.63, 3.8) is 0 Å². The first-order valence-electron chi connectivity index (χ1n) is 8.47. The first-order chi connectivity index (χ1) is 13.3. The Hall–Kier alpha value is -2.58. The molecule has 8 heteroatoms. The van der Waals surface area contributed by atoms with Gasteiger partial charge >= 0.3 is 0 Å². The van der Waals surface area contributed by atoms with Gasteiger partial charge in [-0.15, -0.1) is 0 Å². The molecule has 1 amide bonds. The van der Waals surface area contributed by atoms with Gasteiger partial charge in [0.2, 0.25) is 0 Å². The minimum Gasteiger partial charge on any atom is -0.355 e. The van der Waals surface area contributed by atoms with Crippen molar-refractivity contribution in [1.82, 2.24) is 15.4 Å². The lowest BCUT2D eigenvalue weighted by molar-refractivity contribution is 0.0932. The Morgan fingerprint density at radius 3 is 2.54 bits per heavy atom. The maximum Gasteiger partial charge on any atom is 0.273 e. The van der Waals surface area contributed by atoms with E-state index in [0.29, 0.717) is 11.3 Å². The number of likely N-dealkylation sites (N-methyl/N-ethyl adjacent to an activating group) is 1. The van der Waals surface area contributed by atoms with E-state index in [0.717, 1.165) is 16.1 Å². The Balaban J connectivity index is 1.71. The number of carbonyl (C=O) groups is 1. The number of hydrogen-bond donors (Lipinski definition) is 1. The van der Waals surface area contributed by atoms with Crippen molar-refractivity contribution in [3.8, 4) is 11.3 Å². The number of aromatic nitrogens is 1. The van der Waals surface area contributed by atoms with Gasteiger partial charge in [-0.05, 0) is 32.3 Å². The molecule has 28 heavy (non-hydrogen) atoms. The number of rotatable bonds is 6. The number of benzene rings is 2. The average molecular weight is 450 g/mol. The van der Waals surface area contributed by atoms with Crippen LogP contribution in [0, 0.1) is 11.6 Å². The third-order valence-electron chi connectivity index (χ3n) is 4.27. The summed E-state index contributed by atoms with van der Waals surface area (Å²) in [6.07, 6.45) is 0.